The Morgan fingerprint density at radius 1 is 1.19 bits per heavy atom. The molecule has 0 radical (unpaired) electrons. The monoisotopic (exact) mass is 291 g/mol. The van der Waals surface area contributed by atoms with Crippen LogP contribution in [0.25, 0.3) is 0 Å². The van der Waals surface area contributed by atoms with Crippen molar-refractivity contribution in [2.75, 3.05) is 17.3 Å². The van der Waals surface area contributed by atoms with Crippen molar-refractivity contribution in [3.05, 3.63) is 11.4 Å². The SMILES string of the molecule is Cc1c(NN)nc(C(C)C)nc1NCC1CCCCC1C. The number of nitrogen functional groups attached to an aromatic ring is 1. The molecule has 4 N–H and O–H groups in total. The van der Waals surface area contributed by atoms with Crippen LogP contribution >= 0.6 is 0 Å². The van der Waals surface area contributed by atoms with Gasteiger partial charge >= 0.3 is 0 Å². The molecule has 1 aliphatic rings. The second kappa shape index (κ2) is 7.07. The van der Waals surface area contributed by atoms with Gasteiger partial charge in [0, 0.05) is 18.0 Å². The standard InChI is InChI=1S/C16H29N5/c1-10(2)14-19-15(12(4)16(20-14)21-17)18-9-13-8-6-5-7-11(13)3/h10-11,13H,5-9,17H2,1-4H3,(H2,18,19,20,21). The fraction of sp³-hybridized carbons (Fsp3) is 0.750. The van der Waals surface area contributed by atoms with E-state index in [1.165, 1.54) is 25.7 Å². The van der Waals surface area contributed by atoms with E-state index < -0.39 is 0 Å². The van der Waals surface area contributed by atoms with Gasteiger partial charge in [-0.05, 0) is 25.2 Å². The van der Waals surface area contributed by atoms with Gasteiger partial charge in [0.2, 0.25) is 0 Å². The van der Waals surface area contributed by atoms with Crippen LogP contribution in [0.2, 0.25) is 0 Å². The van der Waals surface area contributed by atoms with Crippen molar-refractivity contribution < 1.29 is 0 Å². The molecule has 2 rings (SSSR count). The van der Waals surface area contributed by atoms with E-state index in [1.54, 1.807) is 0 Å². The molecule has 0 saturated heterocycles. The third kappa shape index (κ3) is 3.84. The second-order valence-corrected chi connectivity index (χ2v) is 6.61. The summed E-state index contributed by atoms with van der Waals surface area (Å²) in [6.07, 6.45) is 5.40. The summed E-state index contributed by atoms with van der Waals surface area (Å²) in [4.78, 5) is 9.15. The number of hydrazine groups is 1. The average Bonchev–Trinajstić information content (AvgIpc) is 2.47. The summed E-state index contributed by atoms with van der Waals surface area (Å²) in [5, 5.41) is 3.54. The van der Waals surface area contributed by atoms with Gasteiger partial charge in [-0.15, -0.1) is 0 Å². The summed E-state index contributed by atoms with van der Waals surface area (Å²) in [7, 11) is 0. The Hall–Kier alpha value is -1.36. The molecule has 5 nitrogen and oxygen atoms in total. The van der Waals surface area contributed by atoms with Gasteiger partial charge in [-0.1, -0.05) is 40.0 Å². The van der Waals surface area contributed by atoms with E-state index in [0.717, 1.165) is 35.6 Å². The largest absolute Gasteiger partial charge is 0.369 e. The van der Waals surface area contributed by atoms with Crippen molar-refractivity contribution in [1.82, 2.24) is 9.97 Å². The van der Waals surface area contributed by atoms with Crippen LogP contribution < -0.4 is 16.6 Å². The fourth-order valence-corrected chi connectivity index (χ4v) is 3.03. The van der Waals surface area contributed by atoms with Gasteiger partial charge in [0.15, 0.2) is 0 Å². The van der Waals surface area contributed by atoms with E-state index in [0.29, 0.717) is 5.82 Å². The zero-order valence-corrected chi connectivity index (χ0v) is 13.7. The predicted octanol–water partition coefficient (Wildman–Crippen LogP) is 3.43. The van der Waals surface area contributed by atoms with E-state index in [2.05, 4.69) is 41.5 Å². The van der Waals surface area contributed by atoms with Gasteiger partial charge in [-0.2, -0.15) is 0 Å². The van der Waals surface area contributed by atoms with Crippen LogP contribution in [0.1, 0.15) is 63.8 Å². The first-order chi connectivity index (χ1) is 10.0. The molecule has 0 aromatic carbocycles. The molecule has 1 saturated carbocycles. The van der Waals surface area contributed by atoms with Crippen molar-refractivity contribution in [2.24, 2.45) is 17.7 Å². The molecule has 1 fully saturated rings. The van der Waals surface area contributed by atoms with Crippen LogP contribution in [0.4, 0.5) is 11.6 Å². The molecule has 1 aliphatic carbocycles. The quantitative estimate of drug-likeness (QED) is 0.572. The summed E-state index contributed by atoms with van der Waals surface area (Å²) in [5.41, 5.74) is 3.68. The third-order valence-electron chi connectivity index (χ3n) is 4.64. The Morgan fingerprint density at radius 3 is 2.48 bits per heavy atom. The summed E-state index contributed by atoms with van der Waals surface area (Å²) in [6.45, 7) is 9.55. The average molecular weight is 291 g/mol. The summed E-state index contributed by atoms with van der Waals surface area (Å²) >= 11 is 0. The number of hydrogen-bond acceptors (Lipinski definition) is 5. The number of aromatic nitrogens is 2. The van der Waals surface area contributed by atoms with Crippen molar-refractivity contribution in [2.45, 2.75) is 59.3 Å². The number of anilines is 2. The normalized spacial score (nSPS) is 22.4. The molecular weight excluding hydrogens is 262 g/mol. The first-order valence-corrected chi connectivity index (χ1v) is 8.12. The lowest BCUT2D eigenvalue weighted by molar-refractivity contribution is 0.268. The minimum Gasteiger partial charge on any atom is -0.369 e. The third-order valence-corrected chi connectivity index (χ3v) is 4.64. The fourth-order valence-electron chi connectivity index (χ4n) is 3.03. The molecule has 21 heavy (non-hydrogen) atoms. The van der Waals surface area contributed by atoms with E-state index in [-0.39, 0.29) is 5.92 Å². The van der Waals surface area contributed by atoms with Gasteiger partial charge in [-0.3, -0.25) is 0 Å². The second-order valence-electron chi connectivity index (χ2n) is 6.61. The number of nitrogens with two attached hydrogens (primary N) is 1. The minimum absolute atomic E-state index is 0.284. The van der Waals surface area contributed by atoms with Gasteiger partial charge in [0.25, 0.3) is 0 Å². The van der Waals surface area contributed by atoms with Gasteiger partial charge in [-0.25, -0.2) is 15.8 Å². The van der Waals surface area contributed by atoms with Crippen LogP contribution in [0, 0.1) is 18.8 Å². The lowest BCUT2D eigenvalue weighted by Gasteiger charge is -2.29. The van der Waals surface area contributed by atoms with Gasteiger partial charge < -0.3 is 10.7 Å². The van der Waals surface area contributed by atoms with Crippen LogP contribution in [-0.2, 0) is 0 Å². The smallest absolute Gasteiger partial charge is 0.148 e. The lowest BCUT2D eigenvalue weighted by atomic mass is 9.80. The minimum atomic E-state index is 0.284. The van der Waals surface area contributed by atoms with E-state index in [1.807, 2.05) is 6.92 Å². The van der Waals surface area contributed by atoms with E-state index in [4.69, 9.17) is 5.84 Å². The Labute approximate surface area is 128 Å². The number of rotatable bonds is 5. The Balaban J connectivity index is 2.12. The van der Waals surface area contributed by atoms with Gasteiger partial charge in [0.1, 0.15) is 17.5 Å². The highest BCUT2D eigenvalue weighted by Crippen LogP contribution is 2.30. The van der Waals surface area contributed by atoms with E-state index >= 15 is 0 Å². The molecule has 0 amide bonds. The maximum atomic E-state index is 5.58. The predicted molar refractivity (Wildman–Crippen MR) is 88.3 cm³/mol. The van der Waals surface area contributed by atoms with Crippen LogP contribution in [0.15, 0.2) is 0 Å². The van der Waals surface area contributed by atoms with Crippen LogP contribution in [0.5, 0.6) is 0 Å². The highest BCUT2D eigenvalue weighted by Gasteiger charge is 2.21. The molecule has 1 heterocycles. The zero-order valence-electron chi connectivity index (χ0n) is 13.7. The summed E-state index contributed by atoms with van der Waals surface area (Å²) in [6, 6.07) is 0. The highest BCUT2D eigenvalue weighted by molar-refractivity contribution is 5.56. The molecule has 1 aromatic rings. The Morgan fingerprint density at radius 2 is 1.86 bits per heavy atom. The molecule has 0 bridgehead atoms. The molecule has 2 unspecified atom stereocenters. The first-order valence-electron chi connectivity index (χ1n) is 8.12. The number of hydrogen-bond donors (Lipinski definition) is 3. The summed E-state index contributed by atoms with van der Waals surface area (Å²) < 4.78 is 0. The van der Waals surface area contributed by atoms with Crippen molar-refractivity contribution in [3.8, 4) is 0 Å². The molecule has 5 heteroatoms. The van der Waals surface area contributed by atoms with Crippen molar-refractivity contribution in [1.29, 1.82) is 0 Å². The molecule has 0 aliphatic heterocycles. The Kier molecular flexibility index (Phi) is 5.39. The van der Waals surface area contributed by atoms with Crippen molar-refractivity contribution >= 4 is 11.6 Å². The molecule has 2 atom stereocenters. The number of nitrogens with one attached hydrogen (secondary N) is 2. The molecule has 1 aromatic heterocycles. The maximum Gasteiger partial charge on any atom is 0.148 e. The zero-order chi connectivity index (χ0) is 15.4. The van der Waals surface area contributed by atoms with Crippen LogP contribution in [-0.4, -0.2) is 16.5 Å². The Bertz CT molecular complexity index is 472. The van der Waals surface area contributed by atoms with Crippen molar-refractivity contribution in [3.63, 3.8) is 0 Å². The van der Waals surface area contributed by atoms with E-state index in [9.17, 15) is 0 Å². The number of nitrogens with zero attached hydrogens (tertiary/aromatic N) is 2. The lowest BCUT2D eigenvalue weighted by Crippen LogP contribution is -2.25. The highest BCUT2D eigenvalue weighted by atomic mass is 15.3. The van der Waals surface area contributed by atoms with Crippen LogP contribution in [0.3, 0.4) is 0 Å². The molecular formula is C16H29N5. The topological polar surface area (TPSA) is 75.9 Å². The van der Waals surface area contributed by atoms with Gasteiger partial charge in [0.05, 0.1) is 0 Å². The summed E-state index contributed by atoms with van der Waals surface area (Å²) in [5.74, 6) is 9.86. The molecule has 118 valence electrons. The molecule has 0 spiro atoms. The first kappa shape index (κ1) is 16.0. The maximum absolute atomic E-state index is 5.58.